The summed E-state index contributed by atoms with van der Waals surface area (Å²) in [5, 5.41) is 0. The van der Waals surface area contributed by atoms with Gasteiger partial charge in [0.1, 0.15) is 12.7 Å². The highest BCUT2D eigenvalue weighted by Crippen LogP contribution is 2.71. The molecule has 1 spiro atoms. The monoisotopic (exact) mass is 848 g/mol. The first-order valence-corrected chi connectivity index (χ1v) is 21.8. The van der Waals surface area contributed by atoms with Crippen molar-refractivity contribution >= 4 is 58.7 Å². The Labute approximate surface area is 345 Å². The number of halogens is 3. The highest BCUT2D eigenvalue weighted by molar-refractivity contribution is 6.75. The minimum absolute atomic E-state index is 0.117. The molecule has 0 N–H and O–H groups in total. The number of hydrogen-bond acceptors (Lipinski definition) is 12. The highest BCUT2D eigenvalue weighted by Gasteiger charge is 2.69. The Balaban J connectivity index is 1.08. The maximum absolute atomic E-state index is 13.0. The molecule has 0 amide bonds. The molecule has 7 fully saturated rings. The van der Waals surface area contributed by atoms with Gasteiger partial charge in [-0.15, -0.1) is 0 Å². The van der Waals surface area contributed by atoms with Crippen LogP contribution in [0, 0.1) is 52.3 Å². The van der Waals surface area contributed by atoms with E-state index in [-0.39, 0.29) is 29.6 Å². The lowest BCUT2D eigenvalue weighted by molar-refractivity contribution is -0.321. The predicted molar refractivity (Wildman–Crippen MR) is 203 cm³/mol. The van der Waals surface area contributed by atoms with Gasteiger partial charge in [-0.05, 0) is 104 Å². The van der Waals surface area contributed by atoms with Gasteiger partial charge in [-0.3, -0.25) is 14.4 Å². The summed E-state index contributed by atoms with van der Waals surface area (Å²) in [6.07, 6.45) is 3.44. The largest absolute Gasteiger partial charge is 0.463 e. The van der Waals surface area contributed by atoms with E-state index in [1.165, 1.54) is 19.8 Å². The Bertz CT molecular complexity index is 1510. The fourth-order valence-corrected chi connectivity index (χ4v) is 13.0. The van der Waals surface area contributed by atoms with Crippen molar-refractivity contribution in [3.05, 3.63) is 0 Å². The molecular formula is C41H59Cl3O12. The van der Waals surface area contributed by atoms with Crippen molar-refractivity contribution in [1.29, 1.82) is 0 Å². The summed E-state index contributed by atoms with van der Waals surface area (Å²) in [4.78, 5) is 49.5. The lowest BCUT2D eigenvalue weighted by Crippen LogP contribution is -2.64. The van der Waals surface area contributed by atoms with Crippen molar-refractivity contribution in [1.82, 2.24) is 0 Å². The van der Waals surface area contributed by atoms with Gasteiger partial charge in [0.2, 0.25) is 0 Å². The maximum atomic E-state index is 13.0. The number of esters is 4. The van der Waals surface area contributed by atoms with Crippen molar-refractivity contribution in [2.24, 2.45) is 52.3 Å². The smallest absolute Gasteiger partial charge is 0.359 e. The summed E-state index contributed by atoms with van der Waals surface area (Å²) < 4.78 is 46.1. The average Bonchev–Trinajstić information content (AvgIpc) is 3.56. The van der Waals surface area contributed by atoms with E-state index in [2.05, 4.69) is 27.7 Å². The standard InChI is InChI=1S/C41H59Cl3O12/c1-20-10-15-40(50-18-20)21(2)32-30(56-40)17-29-27-9-8-25-16-26(11-13-38(25,6)28(27)12-14-39(29,32)7)53-36-35(55-37(48)41(42,43)44)34(52-24(5)47)33(51-23(4)46)31(54-36)19-49-22(3)45/h20-21,25-36H,8-19H2,1-7H3/t20-,21-,25+,26-,27+,28-,29-,30-,31+,32-,33-,34-,35+,36-,38-,39-,40+/m0/s1. The lowest BCUT2D eigenvalue weighted by atomic mass is 9.44. The van der Waals surface area contributed by atoms with Crippen molar-refractivity contribution in [3.8, 4) is 0 Å². The number of carbonyl (C=O) groups is 4. The fraction of sp³-hybridized carbons (Fsp3) is 0.902. The zero-order valence-corrected chi connectivity index (χ0v) is 35.9. The molecule has 3 aliphatic heterocycles. The van der Waals surface area contributed by atoms with Crippen LogP contribution in [0.25, 0.3) is 0 Å². The van der Waals surface area contributed by atoms with Crippen molar-refractivity contribution < 1.29 is 57.1 Å². The van der Waals surface area contributed by atoms with E-state index in [1.807, 2.05) is 0 Å². The molecule has 0 aromatic carbocycles. The Morgan fingerprint density at radius 3 is 2.11 bits per heavy atom. The minimum Gasteiger partial charge on any atom is -0.463 e. The molecule has 56 heavy (non-hydrogen) atoms. The number of hydrogen-bond donors (Lipinski definition) is 0. The van der Waals surface area contributed by atoms with Gasteiger partial charge >= 0.3 is 23.9 Å². The van der Waals surface area contributed by atoms with Gasteiger partial charge in [0.25, 0.3) is 3.79 Å². The van der Waals surface area contributed by atoms with Crippen LogP contribution in [0.3, 0.4) is 0 Å². The van der Waals surface area contributed by atoms with E-state index in [9.17, 15) is 19.2 Å². The van der Waals surface area contributed by atoms with E-state index >= 15 is 0 Å². The molecule has 316 valence electrons. The van der Waals surface area contributed by atoms with Crippen LogP contribution in [0.2, 0.25) is 0 Å². The van der Waals surface area contributed by atoms with E-state index in [4.69, 9.17) is 72.7 Å². The zero-order valence-electron chi connectivity index (χ0n) is 33.6. The van der Waals surface area contributed by atoms with Gasteiger partial charge in [0, 0.05) is 33.1 Å². The molecule has 12 nitrogen and oxygen atoms in total. The van der Waals surface area contributed by atoms with Crippen molar-refractivity contribution in [2.45, 2.75) is 165 Å². The van der Waals surface area contributed by atoms with Crippen LogP contribution < -0.4 is 0 Å². The van der Waals surface area contributed by atoms with Crippen molar-refractivity contribution in [3.63, 3.8) is 0 Å². The second kappa shape index (κ2) is 15.9. The summed E-state index contributed by atoms with van der Waals surface area (Å²) in [6, 6.07) is 0. The van der Waals surface area contributed by atoms with E-state index in [1.54, 1.807) is 0 Å². The van der Waals surface area contributed by atoms with Crippen molar-refractivity contribution in [2.75, 3.05) is 13.2 Å². The Hall–Kier alpha value is -1.41. The third-order valence-electron chi connectivity index (χ3n) is 15.3. The van der Waals surface area contributed by atoms with Gasteiger partial charge in [-0.25, -0.2) is 4.79 Å². The molecule has 0 aromatic heterocycles. The summed E-state index contributed by atoms with van der Waals surface area (Å²) >= 11 is 17.7. The molecule has 0 unspecified atom stereocenters. The van der Waals surface area contributed by atoms with Gasteiger partial charge in [-0.2, -0.15) is 0 Å². The molecule has 17 atom stereocenters. The van der Waals surface area contributed by atoms with E-state index in [0.717, 1.165) is 65.4 Å². The Morgan fingerprint density at radius 2 is 1.46 bits per heavy atom. The molecule has 0 aromatic rings. The summed E-state index contributed by atoms with van der Waals surface area (Å²) in [5.41, 5.74) is 0.346. The molecule has 15 heteroatoms. The quantitative estimate of drug-likeness (QED) is 0.110. The lowest BCUT2D eigenvalue weighted by Gasteiger charge is -2.61. The zero-order chi connectivity index (χ0) is 40.5. The van der Waals surface area contributed by atoms with Crippen LogP contribution in [0.1, 0.15) is 113 Å². The molecule has 4 aliphatic carbocycles. The Morgan fingerprint density at radius 1 is 0.768 bits per heavy atom. The number of alkyl halides is 3. The SMILES string of the molecule is CC(=O)OC[C@H]1O[C@H](O[C@H]2CC[C@@]3(C)[C@H](CC[C@@H]4[C@@H]3CC[C@]3(C)[C@@H]5[C@H](C[C@@H]43)O[C@]3(CC[C@H](C)CO3)[C@H]5C)C2)[C@H](OC(=O)C(Cl)(Cl)Cl)[C@@H](OC(C)=O)[C@H]1OC(C)=O. The first-order chi connectivity index (χ1) is 26.3. The number of carbonyl (C=O) groups excluding carboxylic acids is 4. The van der Waals surface area contributed by atoms with Gasteiger partial charge in [0.15, 0.2) is 30.4 Å². The topological polar surface area (TPSA) is 142 Å². The van der Waals surface area contributed by atoms with Crippen LogP contribution in [0.15, 0.2) is 0 Å². The molecule has 3 heterocycles. The molecule has 7 aliphatic rings. The van der Waals surface area contributed by atoms with Crippen LogP contribution in [-0.4, -0.2) is 89.6 Å². The third kappa shape index (κ3) is 7.84. The second-order valence-corrected chi connectivity index (χ2v) is 20.8. The molecule has 0 bridgehead atoms. The van der Waals surface area contributed by atoms with Gasteiger partial charge in [-0.1, -0.05) is 62.5 Å². The normalized spacial score (nSPS) is 47.1. The van der Waals surface area contributed by atoms with E-state index in [0.29, 0.717) is 47.8 Å². The molecule has 7 rings (SSSR count). The van der Waals surface area contributed by atoms with Crippen LogP contribution in [-0.2, 0) is 57.1 Å². The summed E-state index contributed by atoms with van der Waals surface area (Å²) in [6.45, 7) is 13.7. The number of rotatable bonds is 7. The highest BCUT2D eigenvalue weighted by atomic mass is 35.6. The number of ether oxygens (including phenoxy) is 8. The van der Waals surface area contributed by atoms with Gasteiger partial charge in [0.05, 0.1) is 18.8 Å². The predicted octanol–water partition coefficient (Wildman–Crippen LogP) is 7.25. The molecule has 0 radical (unpaired) electrons. The maximum Gasteiger partial charge on any atom is 0.359 e. The second-order valence-electron chi connectivity index (χ2n) is 18.6. The molecule has 3 saturated heterocycles. The molecule has 4 saturated carbocycles. The van der Waals surface area contributed by atoms with Crippen LogP contribution in [0.4, 0.5) is 0 Å². The van der Waals surface area contributed by atoms with Crippen LogP contribution >= 0.6 is 34.8 Å². The van der Waals surface area contributed by atoms with Gasteiger partial charge < -0.3 is 37.9 Å². The first kappa shape index (κ1) is 42.7. The molecular weight excluding hydrogens is 791 g/mol. The number of fused-ring (bicyclic) bond motifs is 7. The average molecular weight is 850 g/mol. The third-order valence-corrected chi connectivity index (χ3v) is 15.8. The summed E-state index contributed by atoms with van der Waals surface area (Å²) in [7, 11) is 0. The summed E-state index contributed by atoms with van der Waals surface area (Å²) in [5.74, 6) is -0.0914. The van der Waals surface area contributed by atoms with Crippen LogP contribution in [0.5, 0.6) is 0 Å². The first-order valence-electron chi connectivity index (χ1n) is 20.6. The fourth-order valence-electron chi connectivity index (χ4n) is 12.8. The van der Waals surface area contributed by atoms with E-state index < -0.39 is 64.2 Å². The minimum atomic E-state index is -2.48. The Kier molecular flexibility index (Phi) is 12.1.